The average Bonchev–Trinajstić information content (AvgIpc) is 2.32. The van der Waals surface area contributed by atoms with E-state index in [9.17, 15) is 8.78 Å². The molecule has 1 saturated carbocycles. The van der Waals surface area contributed by atoms with Crippen LogP contribution >= 0.6 is 0 Å². The molecule has 0 saturated heterocycles. The minimum absolute atomic E-state index is 0.102. The molecule has 2 nitrogen and oxygen atoms in total. The van der Waals surface area contributed by atoms with Crippen molar-refractivity contribution in [2.45, 2.75) is 45.3 Å². The minimum Gasteiger partial charge on any atom is -0.434 e. The van der Waals surface area contributed by atoms with E-state index < -0.39 is 6.61 Å². The van der Waals surface area contributed by atoms with Crippen molar-refractivity contribution in [1.29, 1.82) is 0 Å². The maximum atomic E-state index is 12.4. The summed E-state index contributed by atoms with van der Waals surface area (Å²) < 4.78 is 29.5. The highest BCUT2D eigenvalue weighted by Gasteiger charge is 2.24. The summed E-state index contributed by atoms with van der Waals surface area (Å²) in [6.45, 7) is 0.0808. The van der Waals surface area contributed by atoms with Crippen LogP contribution in [0.2, 0.25) is 0 Å². The number of rotatable bonds is 7. The average molecular weight is 269 g/mol. The molecule has 1 fully saturated rings. The molecule has 0 aromatic heterocycles. The molecular formula is C15H21F2NO. The van der Waals surface area contributed by atoms with Crippen LogP contribution in [-0.4, -0.2) is 13.2 Å². The Morgan fingerprint density at radius 2 is 2.05 bits per heavy atom. The number of alkyl halides is 2. The van der Waals surface area contributed by atoms with E-state index in [1.807, 2.05) is 19.1 Å². The predicted molar refractivity (Wildman–Crippen MR) is 71.4 cm³/mol. The second kappa shape index (κ2) is 6.85. The van der Waals surface area contributed by atoms with E-state index in [1.165, 1.54) is 19.3 Å². The Balaban J connectivity index is 2.14. The number of ether oxygens (including phenoxy) is 1. The molecule has 2 rings (SSSR count). The van der Waals surface area contributed by atoms with Crippen molar-refractivity contribution in [2.24, 2.45) is 5.92 Å². The Hall–Kier alpha value is -1.16. The van der Waals surface area contributed by atoms with E-state index in [1.54, 1.807) is 12.1 Å². The Morgan fingerprint density at radius 1 is 1.32 bits per heavy atom. The van der Waals surface area contributed by atoms with Gasteiger partial charge in [-0.25, -0.2) is 0 Å². The summed E-state index contributed by atoms with van der Waals surface area (Å²) in [5, 5.41) is 3.39. The third-order valence-electron chi connectivity index (χ3n) is 3.75. The van der Waals surface area contributed by atoms with Gasteiger partial charge in [0.2, 0.25) is 0 Å². The number of hydrogen-bond donors (Lipinski definition) is 1. The molecule has 1 atom stereocenters. The molecule has 1 unspecified atom stereocenters. The summed E-state index contributed by atoms with van der Waals surface area (Å²) in [4.78, 5) is 0. The summed E-state index contributed by atoms with van der Waals surface area (Å²) in [6, 6.07) is 7.20. The molecule has 0 bridgehead atoms. The van der Waals surface area contributed by atoms with E-state index in [2.05, 4.69) is 10.1 Å². The molecule has 1 aliphatic carbocycles. The maximum Gasteiger partial charge on any atom is 0.387 e. The molecule has 1 N–H and O–H groups in total. The van der Waals surface area contributed by atoms with Crippen molar-refractivity contribution in [2.75, 3.05) is 6.54 Å². The third-order valence-corrected chi connectivity index (χ3v) is 3.75. The van der Waals surface area contributed by atoms with Gasteiger partial charge in [0.1, 0.15) is 5.75 Å². The number of hydrogen-bond acceptors (Lipinski definition) is 2. The first-order valence-electron chi connectivity index (χ1n) is 6.97. The zero-order chi connectivity index (χ0) is 13.7. The van der Waals surface area contributed by atoms with E-state index in [-0.39, 0.29) is 6.04 Å². The Morgan fingerprint density at radius 3 is 2.63 bits per heavy atom. The SMILES string of the molecule is CCNC(CC1CCC1)c1ccccc1OC(F)F. The molecule has 19 heavy (non-hydrogen) atoms. The van der Waals surface area contributed by atoms with Crippen molar-refractivity contribution in [3.05, 3.63) is 29.8 Å². The van der Waals surface area contributed by atoms with Gasteiger partial charge in [0.05, 0.1) is 0 Å². The molecule has 0 spiro atoms. The van der Waals surface area contributed by atoms with Gasteiger partial charge >= 0.3 is 6.61 Å². The van der Waals surface area contributed by atoms with Crippen molar-refractivity contribution in [3.8, 4) is 5.75 Å². The maximum absolute atomic E-state index is 12.4. The van der Waals surface area contributed by atoms with Crippen LogP contribution in [0, 0.1) is 5.92 Å². The zero-order valence-electron chi connectivity index (χ0n) is 11.2. The second-order valence-electron chi connectivity index (χ2n) is 5.06. The highest BCUT2D eigenvalue weighted by atomic mass is 19.3. The second-order valence-corrected chi connectivity index (χ2v) is 5.06. The summed E-state index contributed by atoms with van der Waals surface area (Å²) in [7, 11) is 0. The molecule has 1 aromatic rings. The largest absolute Gasteiger partial charge is 0.434 e. The Bertz CT molecular complexity index is 393. The molecule has 0 heterocycles. The number of halogens is 2. The van der Waals surface area contributed by atoms with Crippen LogP contribution < -0.4 is 10.1 Å². The zero-order valence-corrected chi connectivity index (χ0v) is 11.2. The fourth-order valence-corrected chi connectivity index (χ4v) is 2.60. The molecule has 106 valence electrons. The quantitative estimate of drug-likeness (QED) is 0.803. The third kappa shape index (κ3) is 3.90. The first-order valence-corrected chi connectivity index (χ1v) is 6.97. The van der Waals surface area contributed by atoms with Crippen LogP contribution in [0.1, 0.15) is 44.2 Å². The smallest absolute Gasteiger partial charge is 0.387 e. The van der Waals surface area contributed by atoms with Crippen LogP contribution in [0.4, 0.5) is 8.78 Å². The number of nitrogens with one attached hydrogen (secondary N) is 1. The monoisotopic (exact) mass is 269 g/mol. The molecule has 4 heteroatoms. The lowest BCUT2D eigenvalue weighted by Crippen LogP contribution is -2.26. The Labute approximate surface area is 113 Å². The molecule has 0 radical (unpaired) electrons. The van der Waals surface area contributed by atoms with Gasteiger partial charge in [0.25, 0.3) is 0 Å². The van der Waals surface area contributed by atoms with Crippen LogP contribution in [-0.2, 0) is 0 Å². The summed E-state index contributed by atoms with van der Waals surface area (Å²) in [6.07, 6.45) is 4.79. The Kier molecular flexibility index (Phi) is 5.14. The lowest BCUT2D eigenvalue weighted by Gasteiger charge is -2.31. The van der Waals surface area contributed by atoms with Crippen molar-refractivity contribution < 1.29 is 13.5 Å². The molecule has 1 aliphatic rings. The lowest BCUT2D eigenvalue weighted by molar-refractivity contribution is -0.0508. The molecule has 0 aliphatic heterocycles. The number of benzene rings is 1. The normalized spacial score (nSPS) is 17.3. The van der Waals surface area contributed by atoms with E-state index in [0.717, 1.165) is 18.5 Å². The minimum atomic E-state index is -2.77. The van der Waals surface area contributed by atoms with Crippen LogP contribution in [0.5, 0.6) is 5.75 Å². The van der Waals surface area contributed by atoms with Crippen LogP contribution in [0.25, 0.3) is 0 Å². The van der Waals surface area contributed by atoms with Gasteiger partial charge in [-0.2, -0.15) is 8.78 Å². The van der Waals surface area contributed by atoms with Gasteiger partial charge in [-0.05, 0) is 24.9 Å². The van der Waals surface area contributed by atoms with Crippen molar-refractivity contribution in [1.82, 2.24) is 5.32 Å². The van der Waals surface area contributed by atoms with E-state index in [4.69, 9.17) is 0 Å². The van der Waals surface area contributed by atoms with E-state index >= 15 is 0 Å². The highest BCUT2D eigenvalue weighted by Crippen LogP contribution is 2.37. The van der Waals surface area contributed by atoms with Crippen molar-refractivity contribution in [3.63, 3.8) is 0 Å². The van der Waals surface area contributed by atoms with Gasteiger partial charge in [-0.15, -0.1) is 0 Å². The fraction of sp³-hybridized carbons (Fsp3) is 0.600. The topological polar surface area (TPSA) is 21.3 Å². The lowest BCUT2D eigenvalue weighted by atomic mass is 9.79. The standard InChI is InChI=1S/C15H21F2NO/c1-2-18-13(10-11-6-5-7-11)12-8-3-4-9-14(12)19-15(16)17/h3-4,8-9,11,13,15,18H,2,5-7,10H2,1H3. The van der Waals surface area contributed by atoms with Gasteiger partial charge in [0, 0.05) is 11.6 Å². The van der Waals surface area contributed by atoms with Crippen LogP contribution in [0.15, 0.2) is 24.3 Å². The fourth-order valence-electron chi connectivity index (χ4n) is 2.60. The van der Waals surface area contributed by atoms with Gasteiger partial charge in [-0.3, -0.25) is 0 Å². The van der Waals surface area contributed by atoms with Crippen LogP contribution in [0.3, 0.4) is 0 Å². The highest BCUT2D eigenvalue weighted by molar-refractivity contribution is 5.36. The molecule has 1 aromatic carbocycles. The summed E-state index contributed by atoms with van der Waals surface area (Å²) >= 11 is 0. The first kappa shape index (κ1) is 14.3. The predicted octanol–water partition coefficient (Wildman–Crippen LogP) is 4.13. The van der Waals surface area contributed by atoms with Crippen molar-refractivity contribution >= 4 is 0 Å². The first-order chi connectivity index (χ1) is 9.20. The van der Waals surface area contributed by atoms with Gasteiger partial charge in [0.15, 0.2) is 0 Å². The molecule has 0 amide bonds. The molecular weight excluding hydrogens is 248 g/mol. The van der Waals surface area contributed by atoms with Gasteiger partial charge in [-0.1, -0.05) is 44.4 Å². The number of para-hydroxylation sites is 1. The summed E-state index contributed by atoms with van der Waals surface area (Å²) in [5.74, 6) is 1.01. The summed E-state index contributed by atoms with van der Waals surface area (Å²) in [5.41, 5.74) is 0.844. The van der Waals surface area contributed by atoms with E-state index in [0.29, 0.717) is 11.7 Å². The van der Waals surface area contributed by atoms with Gasteiger partial charge < -0.3 is 10.1 Å².